The van der Waals surface area contributed by atoms with Crippen LogP contribution in [0.4, 0.5) is 0 Å². The zero-order chi connectivity index (χ0) is 12.1. The van der Waals surface area contributed by atoms with E-state index in [0.717, 1.165) is 38.9 Å². The molecule has 0 aromatic heterocycles. The molecule has 0 aromatic carbocycles. The molecule has 1 fully saturated rings. The summed E-state index contributed by atoms with van der Waals surface area (Å²) in [6.07, 6.45) is 3.86. The van der Waals surface area contributed by atoms with Crippen LogP contribution in [-0.4, -0.2) is 19.0 Å². The van der Waals surface area contributed by atoms with Crippen molar-refractivity contribution in [3.05, 3.63) is 0 Å². The number of hydrogen-bond acceptors (Lipinski definition) is 2. The van der Waals surface area contributed by atoms with Gasteiger partial charge in [0, 0.05) is 18.3 Å². The Kier molecular flexibility index (Phi) is 4.83. The minimum Gasteiger partial charge on any atom is -0.349 e. The predicted octanol–water partition coefficient (Wildman–Crippen LogP) is 3.36. The maximum atomic E-state index is 5.94. The van der Waals surface area contributed by atoms with Crippen LogP contribution in [0.3, 0.4) is 0 Å². The van der Waals surface area contributed by atoms with Crippen LogP contribution in [0.25, 0.3) is 0 Å². The number of hydrogen-bond donors (Lipinski definition) is 0. The molecule has 0 bridgehead atoms. The van der Waals surface area contributed by atoms with E-state index in [9.17, 15) is 0 Å². The molecule has 2 nitrogen and oxygen atoms in total. The van der Waals surface area contributed by atoms with E-state index in [0.29, 0.717) is 0 Å². The van der Waals surface area contributed by atoms with Gasteiger partial charge in [-0.05, 0) is 19.8 Å². The Hall–Kier alpha value is -0.520. The molecule has 0 amide bonds. The van der Waals surface area contributed by atoms with Gasteiger partial charge in [-0.1, -0.05) is 20.8 Å². The molecule has 1 rings (SSSR count). The molecule has 1 aliphatic rings. The van der Waals surface area contributed by atoms with Gasteiger partial charge in [-0.2, -0.15) is 0 Å². The highest BCUT2D eigenvalue weighted by molar-refractivity contribution is 4.95. The van der Waals surface area contributed by atoms with Gasteiger partial charge in [-0.25, -0.2) is 0 Å². The summed E-state index contributed by atoms with van der Waals surface area (Å²) in [5.74, 6) is 5.66. The Morgan fingerprint density at radius 2 is 1.81 bits per heavy atom. The van der Waals surface area contributed by atoms with Crippen LogP contribution in [0, 0.1) is 17.3 Å². The van der Waals surface area contributed by atoms with Gasteiger partial charge in [0.2, 0.25) is 0 Å². The lowest BCUT2D eigenvalue weighted by molar-refractivity contribution is -0.303. The molecule has 0 spiro atoms. The van der Waals surface area contributed by atoms with Gasteiger partial charge in [0.1, 0.15) is 0 Å². The quantitative estimate of drug-likeness (QED) is 0.538. The molecule has 0 aliphatic carbocycles. The molecule has 0 radical (unpaired) electrons. The summed E-state index contributed by atoms with van der Waals surface area (Å²) in [4.78, 5) is 0. The van der Waals surface area contributed by atoms with Crippen LogP contribution in [0.1, 0.15) is 53.4 Å². The van der Waals surface area contributed by atoms with E-state index in [1.54, 1.807) is 0 Å². The molecule has 1 saturated heterocycles. The third-order valence-electron chi connectivity index (χ3n) is 3.03. The third kappa shape index (κ3) is 3.81. The van der Waals surface area contributed by atoms with E-state index in [1.807, 2.05) is 6.92 Å². The molecule has 0 atom stereocenters. The molecule has 0 aromatic rings. The highest BCUT2D eigenvalue weighted by atomic mass is 16.7. The third-order valence-corrected chi connectivity index (χ3v) is 3.03. The van der Waals surface area contributed by atoms with Crippen LogP contribution in [0.15, 0.2) is 0 Å². The Morgan fingerprint density at radius 1 is 1.19 bits per heavy atom. The van der Waals surface area contributed by atoms with E-state index in [2.05, 4.69) is 32.6 Å². The fraction of sp³-hybridized carbons (Fsp3) is 0.857. The Labute approximate surface area is 99.7 Å². The van der Waals surface area contributed by atoms with Crippen molar-refractivity contribution in [2.45, 2.75) is 59.2 Å². The van der Waals surface area contributed by atoms with Crippen molar-refractivity contribution in [3.8, 4) is 11.8 Å². The summed E-state index contributed by atoms with van der Waals surface area (Å²) >= 11 is 0. The molecule has 0 unspecified atom stereocenters. The largest absolute Gasteiger partial charge is 0.349 e. The van der Waals surface area contributed by atoms with Crippen molar-refractivity contribution in [2.24, 2.45) is 5.41 Å². The Bertz CT molecular complexity index is 260. The molecule has 1 heterocycles. The summed E-state index contributed by atoms with van der Waals surface area (Å²) < 4.78 is 11.9. The first-order valence-corrected chi connectivity index (χ1v) is 6.21. The van der Waals surface area contributed by atoms with Gasteiger partial charge in [0.05, 0.1) is 13.2 Å². The van der Waals surface area contributed by atoms with E-state index in [1.165, 1.54) is 0 Å². The van der Waals surface area contributed by atoms with Crippen molar-refractivity contribution in [2.75, 3.05) is 13.2 Å². The second kappa shape index (κ2) is 5.70. The lowest BCUT2D eigenvalue weighted by Gasteiger charge is -2.43. The molecule has 0 N–H and O–H groups in total. The standard InChI is InChI=1S/C14H24O2/c1-5-7-8-9-10-14(6-2)15-11-13(3,4)12-16-14/h6,8-12H2,1-4H3. The topological polar surface area (TPSA) is 18.5 Å². The minimum absolute atomic E-state index is 0.155. The summed E-state index contributed by atoms with van der Waals surface area (Å²) in [6.45, 7) is 9.94. The zero-order valence-electron chi connectivity index (χ0n) is 11.1. The molecule has 2 heteroatoms. The van der Waals surface area contributed by atoms with E-state index in [-0.39, 0.29) is 11.2 Å². The van der Waals surface area contributed by atoms with Crippen molar-refractivity contribution >= 4 is 0 Å². The Balaban J connectivity index is 2.42. The average Bonchev–Trinajstić information content (AvgIpc) is 2.27. The SMILES string of the molecule is CC#CCCCC1(CC)OCC(C)(C)CO1. The molecular weight excluding hydrogens is 200 g/mol. The zero-order valence-corrected chi connectivity index (χ0v) is 11.1. The van der Waals surface area contributed by atoms with Gasteiger partial charge >= 0.3 is 0 Å². The number of ether oxygens (including phenoxy) is 2. The lowest BCUT2D eigenvalue weighted by atomic mass is 9.93. The molecule has 92 valence electrons. The number of unbranched alkanes of at least 4 members (excludes halogenated alkanes) is 1. The first-order chi connectivity index (χ1) is 7.54. The fourth-order valence-corrected chi connectivity index (χ4v) is 1.83. The van der Waals surface area contributed by atoms with Crippen LogP contribution < -0.4 is 0 Å². The Morgan fingerprint density at radius 3 is 2.31 bits per heavy atom. The lowest BCUT2D eigenvalue weighted by Crippen LogP contribution is -2.47. The van der Waals surface area contributed by atoms with Gasteiger partial charge in [-0.15, -0.1) is 11.8 Å². The van der Waals surface area contributed by atoms with E-state index >= 15 is 0 Å². The maximum Gasteiger partial charge on any atom is 0.168 e. The summed E-state index contributed by atoms with van der Waals surface area (Å²) in [5.41, 5.74) is 0.155. The van der Waals surface area contributed by atoms with Crippen molar-refractivity contribution < 1.29 is 9.47 Å². The van der Waals surface area contributed by atoms with Gasteiger partial charge in [0.15, 0.2) is 5.79 Å². The maximum absolute atomic E-state index is 5.94. The fourth-order valence-electron chi connectivity index (χ4n) is 1.83. The summed E-state index contributed by atoms with van der Waals surface area (Å²) in [7, 11) is 0. The van der Waals surface area contributed by atoms with Crippen molar-refractivity contribution in [1.29, 1.82) is 0 Å². The predicted molar refractivity (Wildman–Crippen MR) is 66.0 cm³/mol. The smallest absolute Gasteiger partial charge is 0.168 e. The summed E-state index contributed by atoms with van der Waals surface area (Å²) in [6, 6.07) is 0. The van der Waals surface area contributed by atoms with Gasteiger partial charge in [0.25, 0.3) is 0 Å². The van der Waals surface area contributed by atoms with Crippen molar-refractivity contribution in [3.63, 3.8) is 0 Å². The molecule has 0 saturated carbocycles. The van der Waals surface area contributed by atoms with Gasteiger partial charge < -0.3 is 9.47 Å². The van der Waals surface area contributed by atoms with Gasteiger partial charge in [-0.3, -0.25) is 0 Å². The molecule has 16 heavy (non-hydrogen) atoms. The normalized spacial score (nSPS) is 22.2. The minimum atomic E-state index is -0.342. The highest BCUT2D eigenvalue weighted by Crippen LogP contribution is 2.34. The molecular formula is C14H24O2. The van der Waals surface area contributed by atoms with E-state index in [4.69, 9.17) is 9.47 Å². The second-order valence-electron chi connectivity index (χ2n) is 5.29. The number of rotatable bonds is 4. The highest BCUT2D eigenvalue weighted by Gasteiger charge is 2.38. The monoisotopic (exact) mass is 224 g/mol. The van der Waals surface area contributed by atoms with Crippen LogP contribution >= 0.6 is 0 Å². The van der Waals surface area contributed by atoms with Crippen LogP contribution in [0.5, 0.6) is 0 Å². The molecule has 1 aliphatic heterocycles. The van der Waals surface area contributed by atoms with Crippen LogP contribution in [0.2, 0.25) is 0 Å². The van der Waals surface area contributed by atoms with Crippen molar-refractivity contribution in [1.82, 2.24) is 0 Å². The average molecular weight is 224 g/mol. The first-order valence-electron chi connectivity index (χ1n) is 6.21. The first kappa shape index (κ1) is 13.5. The summed E-state index contributed by atoms with van der Waals surface area (Å²) in [5, 5.41) is 0. The second-order valence-corrected chi connectivity index (χ2v) is 5.29. The van der Waals surface area contributed by atoms with Crippen LogP contribution in [-0.2, 0) is 9.47 Å². The van der Waals surface area contributed by atoms with E-state index < -0.39 is 0 Å².